The molecule has 1 aliphatic heterocycles. The number of allylic oxidation sites excluding steroid dienone is 1. The van der Waals surface area contributed by atoms with Gasteiger partial charge in [-0.3, -0.25) is 4.79 Å². The minimum absolute atomic E-state index is 0.0228. The third-order valence-corrected chi connectivity index (χ3v) is 7.19. The van der Waals surface area contributed by atoms with E-state index < -0.39 is 0 Å². The van der Waals surface area contributed by atoms with Crippen LogP contribution in [-0.2, 0) is 16.1 Å². The maximum absolute atomic E-state index is 12.6. The Morgan fingerprint density at radius 1 is 1.37 bits per heavy atom. The first-order valence-electron chi connectivity index (χ1n) is 10.2. The molecule has 1 saturated heterocycles. The average molecular weight is 370 g/mol. The van der Waals surface area contributed by atoms with E-state index in [0.717, 1.165) is 30.6 Å². The van der Waals surface area contributed by atoms with Crippen LogP contribution in [0.4, 0.5) is 0 Å². The number of hydrogen-bond acceptors (Lipinski definition) is 4. The fourth-order valence-electron chi connectivity index (χ4n) is 5.70. The number of rotatable bonds is 5. The van der Waals surface area contributed by atoms with E-state index in [1.807, 2.05) is 18.2 Å². The van der Waals surface area contributed by atoms with Gasteiger partial charge in [0.2, 0.25) is 0 Å². The number of ether oxygens (including phenoxy) is 2. The van der Waals surface area contributed by atoms with Crippen molar-refractivity contribution in [1.82, 2.24) is 5.32 Å². The summed E-state index contributed by atoms with van der Waals surface area (Å²) in [4.78, 5) is 12.6. The van der Waals surface area contributed by atoms with E-state index in [0.29, 0.717) is 24.9 Å². The molecule has 146 valence electrons. The minimum atomic E-state index is -0.0519. The number of nitrogens with one attached hydrogen (secondary N) is 1. The lowest BCUT2D eigenvalue weighted by atomic mass is 9.55. The van der Waals surface area contributed by atoms with Gasteiger partial charge in [0.15, 0.2) is 0 Å². The predicted molar refractivity (Wildman–Crippen MR) is 105 cm³/mol. The zero-order valence-electron chi connectivity index (χ0n) is 16.5. The molecule has 2 saturated carbocycles. The lowest BCUT2D eigenvalue weighted by Crippen LogP contribution is -2.45. The molecule has 0 radical (unpaired) electrons. The molecule has 4 rings (SSSR count). The standard InChI is InChI=1S/C23H31NO3/c1-15-7-6-10-23(2)12-21-17(11-19(15)23)18(22(25)27-21)14-24-13-16-8-4-5-9-20(16)26-3/h4-5,8-9,17-19,21,24H,1,6-7,10-14H2,2-3H3/t17-,18+,19+,21-,23-/m1/s1. The molecule has 0 aromatic heterocycles. The Balaban J connectivity index is 1.42. The number of esters is 1. The Morgan fingerprint density at radius 2 is 2.19 bits per heavy atom. The molecule has 1 N–H and O–H groups in total. The molecule has 4 nitrogen and oxygen atoms in total. The van der Waals surface area contributed by atoms with Crippen LogP contribution in [0.15, 0.2) is 36.4 Å². The molecule has 0 bridgehead atoms. The highest BCUT2D eigenvalue weighted by Crippen LogP contribution is 2.56. The molecular weight excluding hydrogens is 338 g/mol. The van der Waals surface area contributed by atoms with Crippen molar-refractivity contribution >= 4 is 5.97 Å². The van der Waals surface area contributed by atoms with Crippen molar-refractivity contribution in [3.05, 3.63) is 42.0 Å². The predicted octanol–water partition coefficient (Wildman–Crippen LogP) is 4.10. The molecule has 4 heteroatoms. The number of para-hydroxylation sites is 1. The minimum Gasteiger partial charge on any atom is -0.496 e. The summed E-state index contributed by atoms with van der Waals surface area (Å²) in [6.45, 7) is 8.10. The Bertz CT molecular complexity index is 730. The number of carbonyl (C=O) groups excluding carboxylic acids is 1. The molecule has 3 fully saturated rings. The molecule has 0 spiro atoms. The van der Waals surface area contributed by atoms with Crippen molar-refractivity contribution in [3.63, 3.8) is 0 Å². The number of benzene rings is 1. The summed E-state index contributed by atoms with van der Waals surface area (Å²) >= 11 is 0. The third-order valence-electron chi connectivity index (χ3n) is 7.19. The summed E-state index contributed by atoms with van der Waals surface area (Å²) in [5, 5.41) is 3.47. The second-order valence-electron chi connectivity index (χ2n) is 8.85. The first kappa shape index (κ1) is 18.5. The summed E-state index contributed by atoms with van der Waals surface area (Å²) in [6, 6.07) is 8.00. The van der Waals surface area contributed by atoms with Crippen LogP contribution in [0, 0.1) is 23.2 Å². The number of hydrogen-bond donors (Lipinski definition) is 1. The largest absolute Gasteiger partial charge is 0.496 e. The fourth-order valence-corrected chi connectivity index (χ4v) is 5.70. The molecule has 3 aliphatic rings. The van der Waals surface area contributed by atoms with E-state index in [-0.39, 0.29) is 23.4 Å². The summed E-state index contributed by atoms with van der Waals surface area (Å²) in [7, 11) is 1.69. The highest BCUT2D eigenvalue weighted by atomic mass is 16.6. The van der Waals surface area contributed by atoms with Crippen LogP contribution in [0.3, 0.4) is 0 Å². The van der Waals surface area contributed by atoms with Gasteiger partial charge in [0.25, 0.3) is 0 Å². The summed E-state index contributed by atoms with van der Waals surface area (Å²) in [6.07, 6.45) is 5.73. The monoisotopic (exact) mass is 369 g/mol. The normalized spacial score (nSPS) is 35.3. The van der Waals surface area contributed by atoms with Crippen LogP contribution in [0.5, 0.6) is 5.75 Å². The van der Waals surface area contributed by atoms with Crippen molar-refractivity contribution in [2.75, 3.05) is 13.7 Å². The third kappa shape index (κ3) is 3.40. The van der Waals surface area contributed by atoms with E-state index in [2.05, 4.69) is 24.9 Å². The van der Waals surface area contributed by atoms with E-state index >= 15 is 0 Å². The molecule has 0 amide bonds. The van der Waals surface area contributed by atoms with E-state index in [1.165, 1.54) is 18.4 Å². The Hall–Kier alpha value is -1.81. The number of carbonyl (C=O) groups is 1. The summed E-state index contributed by atoms with van der Waals surface area (Å²) < 4.78 is 11.3. The zero-order valence-corrected chi connectivity index (χ0v) is 16.5. The quantitative estimate of drug-likeness (QED) is 0.627. The Kier molecular flexibility index (Phi) is 5.02. The molecule has 1 aromatic rings. The summed E-state index contributed by atoms with van der Waals surface area (Å²) in [5.41, 5.74) is 2.76. The second-order valence-corrected chi connectivity index (χ2v) is 8.85. The summed E-state index contributed by atoms with van der Waals surface area (Å²) in [5.74, 6) is 1.66. The van der Waals surface area contributed by atoms with Gasteiger partial charge >= 0.3 is 5.97 Å². The first-order chi connectivity index (χ1) is 13.0. The molecule has 1 heterocycles. The van der Waals surface area contributed by atoms with Gasteiger partial charge in [0.05, 0.1) is 13.0 Å². The van der Waals surface area contributed by atoms with Crippen molar-refractivity contribution in [3.8, 4) is 5.75 Å². The van der Waals surface area contributed by atoms with Gasteiger partial charge in [-0.05, 0) is 49.5 Å². The average Bonchev–Trinajstić information content (AvgIpc) is 2.94. The number of fused-ring (bicyclic) bond motifs is 2. The fraction of sp³-hybridized carbons (Fsp3) is 0.609. The van der Waals surface area contributed by atoms with Crippen molar-refractivity contribution in [2.45, 2.75) is 51.7 Å². The van der Waals surface area contributed by atoms with Gasteiger partial charge in [-0.15, -0.1) is 0 Å². The molecule has 1 aromatic carbocycles. The molecule has 27 heavy (non-hydrogen) atoms. The first-order valence-corrected chi connectivity index (χ1v) is 10.2. The van der Waals surface area contributed by atoms with Gasteiger partial charge in [0, 0.05) is 24.6 Å². The van der Waals surface area contributed by atoms with Gasteiger partial charge < -0.3 is 14.8 Å². The lowest BCUT2D eigenvalue weighted by Gasteiger charge is -2.50. The lowest BCUT2D eigenvalue weighted by molar-refractivity contribution is -0.146. The van der Waals surface area contributed by atoms with Crippen LogP contribution >= 0.6 is 0 Å². The molecular formula is C23H31NO3. The zero-order chi connectivity index (χ0) is 19.0. The molecule has 0 unspecified atom stereocenters. The smallest absolute Gasteiger partial charge is 0.310 e. The SMILES string of the molecule is C=C1CCC[C@]2(C)C[C@H]3OC(=O)[C@@H](CNCc4ccccc4OC)[C@H]3C[C@@H]12. The van der Waals surface area contributed by atoms with E-state index in [1.54, 1.807) is 7.11 Å². The van der Waals surface area contributed by atoms with Crippen LogP contribution in [-0.4, -0.2) is 25.7 Å². The van der Waals surface area contributed by atoms with Crippen LogP contribution in [0.25, 0.3) is 0 Å². The number of methoxy groups -OCH3 is 1. The Morgan fingerprint density at radius 3 is 3.00 bits per heavy atom. The van der Waals surface area contributed by atoms with Crippen LogP contribution in [0.2, 0.25) is 0 Å². The van der Waals surface area contributed by atoms with Gasteiger partial charge in [0.1, 0.15) is 11.9 Å². The Labute approximate surface area is 162 Å². The topological polar surface area (TPSA) is 47.6 Å². The second kappa shape index (κ2) is 7.31. The van der Waals surface area contributed by atoms with Gasteiger partial charge in [-0.25, -0.2) is 0 Å². The van der Waals surface area contributed by atoms with Gasteiger partial charge in [-0.2, -0.15) is 0 Å². The highest BCUT2D eigenvalue weighted by Gasteiger charge is 2.54. The van der Waals surface area contributed by atoms with Crippen molar-refractivity contribution in [2.24, 2.45) is 23.2 Å². The van der Waals surface area contributed by atoms with Crippen LogP contribution < -0.4 is 10.1 Å². The van der Waals surface area contributed by atoms with Gasteiger partial charge in [-0.1, -0.05) is 37.3 Å². The maximum Gasteiger partial charge on any atom is 0.310 e. The van der Waals surface area contributed by atoms with E-state index in [4.69, 9.17) is 9.47 Å². The molecule has 5 atom stereocenters. The van der Waals surface area contributed by atoms with Crippen molar-refractivity contribution in [1.29, 1.82) is 0 Å². The highest BCUT2D eigenvalue weighted by molar-refractivity contribution is 5.75. The van der Waals surface area contributed by atoms with Crippen molar-refractivity contribution < 1.29 is 14.3 Å². The molecule has 2 aliphatic carbocycles. The van der Waals surface area contributed by atoms with E-state index in [9.17, 15) is 4.79 Å². The van der Waals surface area contributed by atoms with Crippen LogP contribution in [0.1, 0.15) is 44.6 Å². The maximum atomic E-state index is 12.6.